The Bertz CT molecular complexity index is 698. The largest absolute Gasteiger partial charge is 0.352 e. The van der Waals surface area contributed by atoms with Gasteiger partial charge in [-0.2, -0.15) is 0 Å². The average Bonchev–Trinajstić information content (AvgIpc) is 3.20. The van der Waals surface area contributed by atoms with E-state index in [1.54, 1.807) is 29.5 Å². The summed E-state index contributed by atoms with van der Waals surface area (Å²) in [4.78, 5) is 19.0. The van der Waals surface area contributed by atoms with Gasteiger partial charge < -0.3 is 10.2 Å². The highest BCUT2D eigenvalue weighted by Crippen LogP contribution is 2.24. The van der Waals surface area contributed by atoms with Gasteiger partial charge in [0.15, 0.2) is 5.13 Å². The van der Waals surface area contributed by atoms with Crippen LogP contribution in [0, 0.1) is 0 Å². The fourth-order valence-corrected chi connectivity index (χ4v) is 3.72. The van der Waals surface area contributed by atoms with E-state index in [0.717, 1.165) is 30.3 Å². The SMILES string of the molecule is O=C(NCCc1csc(N2CCCC2)n1)c1ccc(Cl)c(Cl)c1. The van der Waals surface area contributed by atoms with Gasteiger partial charge in [0.05, 0.1) is 15.7 Å². The van der Waals surface area contributed by atoms with Gasteiger partial charge in [0, 0.05) is 37.0 Å². The van der Waals surface area contributed by atoms with E-state index < -0.39 is 0 Å². The first-order valence-electron chi connectivity index (χ1n) is 7.56. The normalized spacial score (nSPS) is 14.3. The lowest BCUT2D eigenvalue weighted by molar-refractivity contribution is 0.0954. The molecule has 1 saturated heterocycles. The van der Waals surface area contributed by atoms with Crippen molar-refractivity contribution in [2.45, 2.75) is 19.3 Å². The Balaban J connectivity index is 1.50. The van der Waals surface area contributed by atoms with Crippen LogP contribution in [0.1, 0.15) is 28.9 Å². The number of carbonyl (C=O) groups is 1. The number of halogens is 2. The number of thiazole rings is 1. The van der Waals surface area contributed by atoms with Crippen LogP contribution in [0.15, 0.2) is 23.6 Å². The van der Waals surface area contributed by atoms with E-state index >= 15 is 0 Å². The summed E-state index contributed by atoms with van der Waals surface area (Å²) in [5.41, 5.74) is 1.53. The quantitative estimate of drug-likeness (QED) is 0.865. The third-order valence-electron chi connectivity index (χ3n) is 3.76. The molecule has 0 saturated carbocycles. The maximum atomic E-state index is 12.1. The molecule has 0 atom stereocenters. The zero-order chi connectivity index (χ0) is 16.2. The first-order chi connectivity index (χ1) is 11.1. The van der Waals surface area contributed by atoms with Crippen molar-refractivity contribution in [2.24, 2.45) is 0 Å². The summed E-state index contributed by atoms with van der Waals surface area (Å²) in [7, 11) is 0. The van der Waals surface area contributed by atoms with Crippen LogP contribution < -0.4 is 10.2 Å². The number of carbonyl (C=O) groups excluding carboxylic acids is 1. The molecule has 1 N–H and O–H groups in total. The van der Waals surface area contributed by atoms with Crippen molar-refractivity contribution in [3.8, 4) is 0 Å². The summed E-state index contributed by atoms with van der Waals surface area (Å²) in [5, 5.41) is 6.87. The van der Waals surface area contributed by atoms with Gasteiger partial charge in [0.1, 0.15) is 0 Å². The minimum absolute atomic E-state index is 0.154. The van der Waals surface area contributed by atoms with Crippen molar-refractivity contribution in [3.05, 3.63) is 44.9 Å². The van der Waals surface area contributed by atoms with E-state index in [1.807, 2.05) is 0 Å². The van der Waals surface area contributed by atoms with Gasteiger partial charge in [0.25, 0.3) is 5.91 Å². The molecule has 3 rings (SSSR count). The lowest BCUT2D eigenvalue weighted by atomic mass is 10.2. The van der Waals surface area contributed by atoms with Crippen LogP contribution in [-0.4, -0.2) is 30.5 Å². The van der Waals surface area contributed by atoms with Crippen LogP contribution in [0.4, 0.5) is 5.13 Å². The highest BCUT2D eigenvalue weighted by atomic mass is 35.5. The van der Waals surface area contributed by atoms with Gasteiger partial charge in [-0.15, -0.1) is 11.3 Å². The summed E-state index contributed by atoms with van der Waals surface area (Å²) in [5.74, 6) is -0.154. The number of nitrogens with one attached hydrogen (secondary N) is 1. The zero-order valence-electron chi connectivity index (χ0n) is 12.5. The summed E-state index contributed by atoms with van der Waals surface area (Å²) in [6.45, 7) is 2.74. The number of hydrogen-bond acceptors (Lipinski definition) is 4. The Morgan fingerprint density at radius 2 is 2.04 bits per heavy atom. The van der Waals surface area contributed by atoms with E-state index in [4.69, 9.17) is 23.2 Å². The summed E-state index contributed by atoms with van der Waals surface area (Å²) >= 11 is 13.5. The maximum Gasteiger partial charge on any atom is 0.251 e. The summed E-state index contributed by atoms with van der Waals surface area (Å²) in [6, 6.07) is 4.87. The third kappa shape index (κ3) is 4.16. The molecule has 1 amide bonds. The van der Waals surface area contributed by atoms with Gasteiger partial charge >= 0.3 is 0 Å². The summed E-state index contributed by atoms with van der Waals surface area (Å²) < 4.78 is 0. The number of nitrogens with zero attached hydrogens (tertiary/aromatic N) is 2. The highest BCUT2D eigenvalue weighted by Gasteiger charge is 2.15. The topological polar surface area (TPSA) is 45.2 Å². The first-order valence-corrected chi connectivity index (χ1v) is 9.19. The minimum Gasteiger partial charge on any atom is -0.352 e. The Hall–Kier alpha value is -1.30. The molecule has 23 heavy (non-hydrogen) atoms. The van der Waals surface area contributed by atoms with Crippen molar-refractivity contribution in [3.63, 3.8) is 0 Å². The molecule has 4 nitrogen and oxygen atoms in total. The second-order valence-corrected chi connectivity index (χ2v) is 7.10. The Labute approximate surface area is 149 Å². The molecule has 0 spiro atoms. The fourth-order valence-electron chi connectivity index (χ4n) is 2.51. The number of amides is 1. The van der Waals surface area contributed by atoms with Crippen molar-refractivity contribution >= 4 is 45.6 Å². The van der Waals surface area contributed by atoms with Crippen molar-refractivity contribution in [2.75, 3.05) is 24.5 Å². The molecule has 0 unspecified atom stereocenters. The standard InChI is InChI=1S/C16H17Cl2N3OS/c17-13-4-3-11(9-14(13)18)15(22)19-6-5-12-10-23-16(20-12)21-7-1-2-8-21/h3-4,9-10H,1-2,5-8H2,(H,19,22). The van der Waals surface area contributed by atoms with Crippen molar-refractivity contribution in [1.29, 1.82) is 0 Å². The number of aromatic nitrogens is 1. The monoisotopic (exact) mass is 369 g/mol. The van der Waals surface area contributed by atoms with Crippen LogP contribution in [0.25, 0.3) is 0 Å². The molecule has 2 aromatic rings. The van der Waals surface area contributed by atoms with E-state index in [-0.39, 0.29) is 5.91 Å². The number of benzene rings is 1. The molecule has 2 heterocycles. The lowest BCUT2D eigenvalue weighted by Gasteiger charge is -2.12. The zero-order valence-corrected chi connectivity index (χ0v) is 14.8. The molecule has 1 fully saturated rings. The number of rotatable bonds is 5. The molecule has 1 aromatic carbocycles. The second kappa shape index (κ2) is 7.51. The van der Waals surface area contributed by atoms with E-state index in [1.165, 1.54) is 12.8 Å². The molecule has 7 heteroatoms. The fraction of sp³-hybridized carbons (Fsp3) is 0.375. The van der Waals surface area contributed by atoms with Crippen LogP contribution in [0.5, 0.6) is 0 Å². The predicted molar refractivity (Wildman–Crippen MR) is 96.1 cm³/mol. The highest BCUT2D eigenvalue weighted by molar-refractivity contribution is 7.13. The van der Waals surface area contributed by atoms with Gasteiger partial charge in [-0.1, -0.05) is 23.2 Å². The van der Waals surface area contributed by atoms with Crippen LogP contribution in [-0.2, 0) is 6.42 Å². The Kier molecular flexibility index (Phi) is 5.41. The molecule has 1 aliphatic heterocycles. The maximum absolute atomic E-state index is 12.1. The van der Waals surface area contributed by atoms with Crippen LogP contribution >= 0.6 is 34.5 Å². The number of anilines is 1. The van der Waals surface area contributed by atoms with Gasteiger partial charge in [-0.05, 0) is 31.0 Å². The molecule has 0 bridgehead atoms. The van der Waals surface area contributed by atoms with Gasteiger partial charge in [-0.25, -0.2) is 4.98 Å². The van der Waals surface area contributed by atoms with E-state index in [9.17, 15) is 4.79 Å². The second-order valence-electron chi connectivity index (χ2n) is 5.45. The molecule has 1 aliphatic rings. The Morgan fingerprint density at radius 3 is 2.78 bits per heavy atom. The van der Waals surface area contributed by atoms with Crippen LogP contribution in [0.3, 0.4) is 0 Å². The molecular formula is C16H17Cl2N3OS. The van der Waals surface area contributed by atoms with Crippen LogP contribution in [0.2, 0.25) is 10.0 Å². The van der Waals surface area contributed by atoms with Gasteiger partial charge in [0.2, 0.25) is 0 Å². The van der Waals surface area contributed by atoms with Crippen molar-refractivity contribution < 1.29 is 4.79 Å². The minimum atomic E-state index is -0.154. The number of hydrogen-bond donors (Lipinski definition) is 1. The third-order valence-corrected chi connectivity index (χ3v) is 5.45. The van der Waals surface area contributed by atoms with E-state index in [0.29, 0.717) is 22.2 Å². The Morgan fingerprint density at radius 1 is 1.26 bits per heavy atom. The average molecular weight is 370 g/mol. The summed E-state index contributed by atoms with van der Waals surface area (Å²) in [6.07, 6.45) is 3.21. The molecule has 0 radical (unpaired) electrons. The van der Waals surface area contributed by atoms with Gasteiger partial charge in [-0.3, -0.25) is 4.79 Å². The predicted octanol–water partition coefficient (Wildman–Crippen LogP) is 4.02. The lowest BCUT2D eigenvalue weighted by Crippen LogP contribution is -2.25. The molecule has 0 aliphatic carbocycles. The smallest absolute Gasteiger partial charge is 0.251 e. The molecule has 1 aromatic heterocycles. The molecule has 122 valence electrons. The van der Waals surface area contributed by atoms with E-state index in [2.05, 4.69) is 20.6 Å². The van der Waals surface area contributed by atoms with Crippen molar-refractivity contribution in [1.82, 2.24) is 10.3 Å². The first kappa shape index (κ1) is 16.6. The molecular weight excluding hydrogens is 353 g/mol.